The van der Waals surface area contributed by atoms with Gasteiger partial charge in [0.15, 0.2) is 0 Å². The van der Waals surface area contributed by atoms with E-state index in [2.05, 4.69) is 35.4 Å². The summed E-state index contributed by atoms with van der Waals surface area (Å²) in [6.07, 6.45) is 8.76. The van der Waals surface area contributed by atoms with Gasteiger partial charge in [0.1, 0.15) is 11.6 Å². The number of amides is 2. The molecule has 0 spiro atoms. The average Bonchev–Trinajstić information content (AvgIpc) is 3.41. The molecule has 0 bridgehead atoms. The summed E-state index contributed by atoms with van der Waals surface area (Å²) in [6, 6.07) is 6.75. The third-order valence-corrected chi connectivity index (χ3v) is 7.90. The van der Waals surface area contributed by atoms with Crippen LogP contribution in [0.2, 0.25) is 0 Å². The van der Waals surface area contributed by atoms with Gasteiger partial charge in [0.05, 0.1) is 17.2 Å². The van der Waals surface area contributed by atoms with E-state index in [1.165, 1.54) is 24.3 Å². The number of hydrogen-bond acceptors (Lipinski definition) is 6. The molecule has 2 atom stereocenters. The molecule has 0 saturated carbocycles. The summed E-state index contributed by atoms with van der Waals surface area (Å²) >= 11 is 1.59. The van der Waals surface area contributed by atoms with Crippen LogP contribution in [0.4, 0.5) is 8.78 Å². The van der Waals surface area contributed by atoms with Crippen molar-refractivity contribution in [1.29, 1.82) is 0 Å². The van der Waals surface area contributed by atoms with Crippen LogP contribution in [0.1, 0.15) is 82.3 Å². The van der Waals surface area contributed by atoms with Gasteiger partial charge in [-0.15, -0.1) is 17.8 Å². The third-order valence-electron chi connectivity index (χ3n) is 6.88. The first-order valence-electron chi connectivity index (χ1n) is 15.0. The number of thiazole rings is 1. The predicted octanol–water partition coefficient (Wildman–Crippen LogP) is 5.36. The minimum absolute atomic E-state index is 0.0379. The maximum absolute atomic E-state index is 14.0. The van der Waals surface area contributed by atoms with E-state index in [9.17, 15) is 23.5 Å². The van der Waals surface area contributed by atoms with Gasteiger partial charge in [-0.2, -0.15) is 0 Å². The molecule has 0 unspecified atom stereocenters. The van der Waals surface area contributed by atoms with Crippen molar-refractivity contribution in [2.24, 2.45) is 5.92 Å². The van der Waals surface area contributed by atoms with Crippen molar-refractivity contribution >= 4 is 23.2 Å². The van der Waals surface area contributed by atoms with E-state index in [0.29, 0.717) is 36.7 Å². The molecular weight excluding hydrogens is 582 g/mol. The molecule has 2 aromatic carbocycles. The van der Waals surface area contributed by atoms with Crippen LogP contribution in [-0.2, 0) is 19.4 Å². The SMILES string of the molecule is C#Cc1cc(C(=O)N[C@@H](Cc2cc(F)cc(F)c2)[C@H](O)CNCc2cnc(CC(C)C)s2)cc(C(=O)N(CCC)CCC)c1. The Balaban J connectivity index is 1.81. The maximum Gasteiger partial charge on any atom is 0.253 e. The van der Waals surface area contributed by atoms with Crippen molar-refractivity contribution in [3.8, 4) is 12.3 Å². The maximum atomic E-state index is 14.0. The van der Waals surface area contributed by atoms with Crippen molar-refractivity contribution in [2.45, 2.75) is 72.1 Å². The molecular formula is C34H42F2N4O3S. The molecule has 0 fully saturated rings. The summed E-state index contributed by atoms with van der Waals surface area (Å²) in [4.78, 5) is 34.0. The first-order valence-corrected chi connectivity index (χ1v) is 15.8. The van der Waals surface area contributed by atoms with Crippen LogP contribution < -0.4 is 10.6 Å². The van der Waals surface area contributed by atoms with E-state index in [4.69, 9.17) is 6.42 Å². The third kappa shape index (κ3) is 10.5. The fraction of sp³-hybridized carbons (Fsp3) is 0.441. The molecule has 3 aromatic rings. The number of nitrogens with one attached hydrogen (secondary N) is 2. The zero-order chi connectivity index (χ0) is 32.2. The molecule has 1 aromatic heterocycles. The number of halogens is 2. The number of terminal acetylenes is 1. The summed E-state index contributed by atoms with van der Waals surface area (Å²) < 4.78 is 28.0. The molecule has 0 saturated heterocycles. The Morgan fingerprint density at radius 1 is 1.02 bits per heavy atom. The number of aliphatic hydroxyl groups excluding tert-OH is 1. The van der Waals surface area contributed by atoms with Crippen molar-refractivity contribution in [3.05, 3.63) is 86.4 Å². The quantitative estimate of drug-likeness (QED) is 0.187. The summed E-state index contributed by atoms with van der Waals surface area (Å²) in [5.41, 5.74) is 1.08. The number of benzene rings is 2. The lowest BCUT2D eigenvalue weighted by Crippen LogP contribution is -2.48. The molecule has 236 valence electrons. The van der Waals surface area contributed by atoms with Crippen molar-refractivity contribution < 1.29 is 23.5 Å². The van der Waals surface area contributed by atoms with Crippen LogP contribution >= 0.6 is 11.3 Å². The number of rotatable bonds is 16. The van der Waals surface area contributed by atoms with Gasteiger partial charge in [0.2, 0.25) is 0 Å². The van der Waals surface area contributed by atoms with Crippen LogP contribution in [0.25, 0.3) is 0 Å². The first-order chi connectivity index (χ1) is 21.0. The number of carbonyl (C=O) groups is 2. The normalized spacial score (nSPS) is 12.5. The standard InChI is InChI=1S/C34H42F2N4O3S/c1-6-9-40(10-7-2)34(43)26-13-23(8-3)12-25(17-26)33(42)39-30(16-24-14-27(35)18-28(36)15-24)31(41)21-37-19-29-20-38-32(44-29)11-22(4)5/h3,12-15,17-18,20,22,30-31,37,41H,6-7,9-11,16,19,21H2,1-2,4-5H3,(H,39,42)/t30-,31+/m0/s1. The van der Waals surface area contributed by atoms with E-state index in [0.717, 1.165) is 35.2 Å². The van der Waals surface area contributed by atoms with E-state index in [1.54, 1.807) is 28.5 Å². The van der Waals surface area contributed by atoms with E-state index in [1.807, 2.05) is 13.8 Å². The Hall–Kier alpha value is -3.65. The minimum Gasteiger partial charge on any atom is -0.390 e. The van der Waals surface area contributed by atoms with Crippen molar-refractivity contribution in [1.82, 2.24) is 20.5 Å². The van der Waals surface area contributed by atoms with Crippen molar-refractivity contribution in [3.63, 3.8) is 0 Å². The van der Waals surface area contributed by atoms with E-state index in [-0.39, 0.29) is 30.0 Å². The molecule has 0 aliphatic rings. The lowest BCUT2D eigenvalue weighted by atomic mass is 9.99. The monoisotopic (exact) mass is 624 g/mol. The summed E-state index contributed by atoms with van der Waals surface area (Å²) in [5.74, 6) is 0.684. The fourth-order valence-electron chi connectivity index (χ4n) is 4.88. The zero-order valence-corrected chi connectivity index (χ0v) is 26.6. The Labute approximate surface area is 263 Å². The lowest BCUT2D eigenvalue weighted by molar-refractivity contribution is 0.0755. The molecule has 10 heteroatoms. The van der Waals surface area contributed by atoms with Crippen LogP contribution in [0.5, 0.6) is 0 Å². The summed E-state index contributed by atoms with van der Waals surface area (Å²) in [5, 5.41) is 18.2. The highest BCUT2D eigenvalue weighted by Crippen LogP contribution is 2.18. The molecule has 0 aliphatic carbocycles. The van der Waals surface area contributed by atoms with Gasteiger partial charge in [-0.25, -0.2) is 13.8 Å². The van der Waals surface area contributed by atoms with Gasteiger partial charge in [-0.1, -0.05) is 33.6 Å². The highest BCUT2D eigenvalue weighted by Gasteiger charge is 2.25. The highest BCUT2D eigenvalue weighted by atomic mass is 32.1. The van der Waals surface area contributed by atoms with Crippen LogP contribution in [-0.4, -0.2) is 58.6 Å². The lowest BCUT2D eigenvalue weighted by Gasteiger charge is -2.25. The first kappa shape index (κ1) is 34.8. The molecule has 3 rings (SSSR count). The Morgan fingerprint density at radius 3 is 2.30 bits per heavy atom. The average molecular weight is 625 g/mol. The highest BCUT2D eigenvalue weighted by molar-refractivity contribution is 7.11. The topological polar surface area (TPSA) is 94.6 Å². The second-order valence-electron chi connectivity index (χ2n) is 11.3. The second-order valence-corrected chi connectivity index (χ2v) is 12.5. The van der Waals surface area contributed by atoms with Crippen molar-refractivity contribution in [2.75, 3.05) is 19.6 Å². The molecule has 1 heterocycles. The largest absolute Gasteiger partial charge is 0.390 e. The molecule has 0 aliphatic heterocycles. The molecule has 3 N–H and O–H groups in total. The smallest absolute Gasteiger partial charge is 0.253 e. The number of hydrogen-bond donors (Lipinski definition) is 3. The Morgan fingerprint density at radius 2 is 1.68 bits per heavy atom. The summed E-state index contributed by atoms with van der Waals surface area (Å²) in [7, 11) is 0. The van der Waals surface area contributed by atoms with Crippen LogP contribution in [0, 0.1) is 29.9 Å². The zero-order valence-electron chi connectivity index (χ0n) is 25.8. The molecule has 7 nitrogen and oxygen atoms in total. The second kappa shape index (κ2) is 17.0. The van der Waals surface area contributed by atoms with Gasteiger partial charge in [0, 0.05) is 66.4 Å². The minimum atomic E-state index is -1.12. The van der Waals surface area contributed by atoms with Gasteiger partial charge < -0.3 is 20.6 Å². The molecule has 0 radical (unpaired) electrons. The molecule has 2 amide bonds. The predicted molar refractivity (Wildman–Crippen MR) is 171 cm³/mol. The number of aromatic nitrogens is 1. The van der Waals surface area contributed by atoms with Crippen LogP contribution in [0.3, 0.4) is 0 Å². The van der Waals surface area contributed by atoms with Gasteiger partial charge in [0.25, 0.3) is 11.8 Å². The van der Waals surface area contributed by atoms with E-state index >= 15 is 0 Å². The Bertz CT molecular complexity index is 1430. The number of nitrogens with zero attached hydrogens (tertiary/aromatic N) is 2. The van der Waals surface area contributed by atoms with Gasteiger partial charge >= 0.3 is 0 Å². The fourth-order valence-corrected chi connectivity index (χ4v) is 5.98. The summed E-state index contributed by atoms with van der Waals surface area (Å²) in [6.45, 7) is 9.92. The number of carbonyl (C=O) groups excluding carboxylic acids is 2. The van der Waals surface area contributed by atoms with Gasteiger partial charge in [-0.05, 0) is 61.1 Å². The van der Waals surface area contributed by atoms with Crippen LogP contribution in [0.15, 0.2) is 42.6 Å². The van der Waals surface area contributed by atoms with E-state index < -0.39 is 29.7 Å². The van der Waals surface area contributed by atoms with Gasteiger partial charge in [-0.3, -0.25) is 9.59 Å². The number of aliphatic hydroxyl groups is 1. The Kier molecular flexibility index (Phi) is 13.5. The molecule has 44 heavy (non-hydrogen) atoms.